The van der Waals surface area contributed by atoms with Gasteiger partial charge in [0.25, 0.3) is 0 Å². The van der Waals surface area contributed by atoms with Crippen LogP contribution in [-0.2, 0) is 11.1 Å². The van der Waals surface area contributed by atoms with Gasteiger partial charge in [-0.25, -0.2) is 4.21 Å². The van der Waals surface area contributed by atoms with E-state index in [0.717, 1.165) is 12.8 Å². The van der Waals surface area contributed by atoms with Crippen molar-refractivity contribution in [3.05, 3.63) is 0 Å². The van der Waals surface area contributed by atoms with E-state index >= 15 is 0 Å². The number of hydrogen-bond acceptors (Lipinski definition) is 2. The second-order valence-electron chi connectivity index (χ2n) is 3.37. The van der Waals surface area contributed by atoms with Crippen LogP contribution in [0.15, 0.2) is 0 Å². The molecule has 4 atom stereocenters. The number of rotatable bonds is 1. The van der Waals surface area contributed by atoms with Gasteiger partial charge in [-0.05, 0) is 25.2 Å². The van der Waals surface area contributed by atoms with Crippen LogP contribution < -0.4 is 5.73 Å². The van der Waals surface area contributed by atoms with E-state index in [0.29, 0.717) is 12.3 Å². The molecule has 1 rings (SSSR count). The summed E-state index contributed by atoms with van der Waals surface area (Å²) in [4.78, 5) is 0. The third kappa shape index (κ3) is 2.25. The van der Waals surface area contributed by atoms with Gasteiger partial charge in [0.15, 0.2) is 11.1 Å². The summed E-state index contributed by atoms with van der Waals surface area (Å²) < 4.78 is 19.6. The summed E-state index contributed by atoms with van der Waals surface area (Å²) in [6, 6.07) is 0.132. The molecule has 0 heterocycles. The first-order chi connectivity index (χ1) is 5.11. The Bertz CT molecular complexity index is 163. The Labute approximate surface area is 69.6 Å². The summed E-state index contributed by atoms with van der Waals surface area (Å²) >= 11 is -1.68. The maximum atomic E-state index is 10.8. The van der Waals surface area contributed by atoms with Crippen molar-refractivity contribution in [1.29, 1.82) is 0 Å². The van der Waals surface area contributed by atoms with Crippen LogP contribution in [0, 0.1) is 5.92 Å². The molecule has 3 nitrogen and oxygen atoms in total. The first-order valence-corrected chi connectivity index (χ1v) is 5.13. The molecule has 0 aliphatic heterocycles. The first-order valence-electron chi connectivity index (χ1n) is 3.96. The van der Waals surface area contributed by atoms with Gasteiger partial charge >= 0.3 is 0 Å². The lowest BCUT2D eigenvalue weighted by atomic mass is 9.87. The Hall–Kier alpha value is 0.0700. The molecule has 4 unspecified atom stereocenters. The molecule has 66 valence electrons. The van der Waals surface area contributed by atoms with Crippen molar-refractivity contribution in [2.24, 2.45) is 11.7 Å². The highest BCUT2D eigenvalue weighted by molar-refractivity contribution is 7.79. The summed E-state index contributed by atoms with van der Waals surface area (Å²) in [6.45, 7) is 2.02. The van der Waals surface area contributed by atoms with Crippen LogP contribution in [0.3, 0.4) is 0 Å². The van der Waals surface area contributed by atoms with Crippen molar-refractivity contribution < 1.29 is 8.76 Å². The minimum atomic E-state index is -1.68. The summed E-state index contributed by atoms with van der Waals surface area (Å²) in [6.07, 6.45) is 2.68. The molecule has 0 saturated heterocycles. The molecule has 11 heavy (non-hydrogen) atoms. The maximum Gasteiger partial charge on any atom is 0.156 e. The molecule has 0 spiro atoms. The zero-order chi connectivity index (χ0) is 8.43. The van der Waals surface area contributed by atoms with E-state index < -0.39 is 11.1 Å². The van der Waals surface area contributed by atoms with Crippen LogP contribution in [0.2, 0.25) is 0 Å². The molecular formula is C7H15NO2S. The summed E-state index contributed by atoms with van der Waals surface area (Å²) in [5.74, 6) is 0.348. The molecule has 0 aromatic heterocycles. The second-order valence-corrected chi connectivity index (χ2v) is 4.52. The van der Waals surface area contributed by atoms with Gasteiger partial charge in [0, 0.05) is 6.04 Å². The molecule has 0 radical (unpaired) electrons. The van der Waals surface area contributed by atoms with E-state index in [4.69, 9.17) is 10.3 Å². The van der Waals surface area contributed by atoms with E-state index in [-0.39, 0.29) is 11.3 Å². The van der Waals surface area contributed by atoms with Crippen LogP contribution in [0.1, 0.15) is 26.2 Å². The quantitative estimate of drug-likeness (QED) is 0.580. The Kier molecular flexibility index (Phi) is 3.04. The van der Waals surface area contributed by atoms with Gasteiger partial charge in [0.1, 0.15) is 0 Å². The van der Waals surface area contributed by atoms with Crippen molar-refractivity contribution in [3.63, 3.8) is 0 Å². The van der Waals surface area contributed by atoms with Crippen LogP contribution in [-0.4, -0.2) is 20.1 Å². The molecule has 4 heteroatoms. The van der Waals surface area contributed by atoms with Gasteiger partial charge in [-0.1, -0.05) is 6.92 Å². The standard InChI is InChI=1S/C7H15NO2S/c1-5-2-3-6(8)4-7(5)11(9)10/h5-7H,2-4,8H2,1H3,(H,9,10). The highest BCUT2D eigenvalue weighted by Gasteiger charge is 2.29. The molecular weight excluding hydrogens is 162 g/mol. The predicted molar refractivity (Wildman–Crippen MR) is 45.5 cm³/mol. The molecule has 1 aliphatic carbocycles. The molecule has 1 saturated carbocycles. The fourth-order valence-corrected chi connectivity index (χ4v) is 2.54. The fraction of sp³-hybridized carbons (Fsp3) is 1.00. The largest absolute Gasteiger partial charge is 0.328 e. The smallest absolute Gasteiger partial charge is 0.156 e. The van der Waals surface area contributed by atoms with Crippen LogP contribution >= 0.6 is 0 Å². The summed E-state index contributed by atoms with van der Waals surface area (Å²) in [5.41, 5.74) is 5.68. The lowest BCUT2D eigenvalue weighted by Crippen LogP contribution is -2.37. The third-order valence-corrected chi connectivity index (χ3v) is 3.60. The number of nitrogens with two attached hydrogens (primary N) is 1. The molecule has 1 fully saturated rings. The zero-order valence-electron chi connectivity index (χ0n) is 6.69. The molecule has 0 amide bonds. The van der Waals surface area contributed by atoms with Gasteiger partial charge in [0.05, 0.1) is 5.25 Å². The third-order valence-electron chi connectivity index (χ3n) is 2.42. The number of hydrogen-bond donors (Lipinski definition) is 2. The van der Waals surface area contributed by atoms with Crippen LogP contribution in [0.4, 0.5) is 0 Å². The molecule has 3 N–H and O–H groups in total. The molecule has 1 aliphatic rings. The fourth-order valence-electron chi connectivity index (χ4n) is 1.59. The van der Waals surface area contributed by atoms with Crippen molar-refractivity contribution >= 4 is 11.1 Å². The monoisotopic (exact) mass is 177 g/mol. The van der Waals surface area contributed by atoms with E-state index in [1.807, 2.05) is 6.92 Å². The zero-order valence-corrected chi connectivity index (χ0v) is 7.51. The minimum absolute atomic E-state index is 0.0984. The van der Waals surface area contributed by atoms with Gasteiger partial charge in [0.2, 0.25) is 0 Å². The summed E-state index contributed by atoms with van der Waals surface area (Å²) in [5, 5.41) is -0.0984. The van der Waals surface area contributed by atoms with Crippen molar-refractivity contribution in [3.8, 4) is 0 Å². The lowest BCUT2D eigenvalue weighted by molar-refractivity contribution is 0.343. The van der Waals surface area contributed by atoms with E-state index in [1.165, 1.54) is 0 Å². The highest BCUT2D eigenvalue weighted by Crippen LogP contribution is 2.26. The summed E-state index contributed by atoms with van der Waals surface area (Å²) in [7, 11) is 0. The predicted octanol–water partition coefficient (Wildman–Crippen LogP) is 0.724. The van der Waals surface area contributed by atoms with Gasteiger partial charge in [-0.2, -0.15) is 0 Å². The lowest BCUT2D eigenvalue weighted by Gasteiger charge is -2.29. The van der Waals surface area contributed by atoms with Crippen LogP contribution in [0.25, 0.3) is 0 Å². The Balaban J connectivity index is 2.54. The Morgan fingerprint density at radius 1 is 1.55 bits per heavy atom. The topological polar surface area (TPSA) is 63.3 Å². The molecule has 0 aromatic rings. The highest BCUT2D eigenvalue weighted by atomic mass is 32.2. The molecule has 0 bridgehead atoms. The minimum Gasteiger partial charge on any atom is -0.328 e. The van der Waals surface area contributed by atoms with Gasteiger partial charge < -0.3 is 10.3 Å². The molecule has 0 aromatic carbocycles. The van der Waals surface area contributed by atoms with Gasteiger partial charge in [-0.3, -0.25) is 0 Å². The van der Waals surface area contributed by atoms with Crippen molar-refractivity contribution in [2.45, 2.75) is 37.5 Å². The maximum absolute atomic E-state index is 10.8. The average Bonchev–Trinajstić information content (AvgIpc) is 1.94. The van der Waals surface area contributed by atoms with E-state index in [9.17, 15) is 4.21 Å². The SMILES string of the molecule is CC1CCC(N)CC1S(=O)O. The van der Waals surface area contributed by atoms with Crippen LogP contribution in [0.5, 0.6) is 0 Å². The first kappa shape index (κ1) is 9.16. The van der Waals surface area contributed by atoms with Crippen molar-refractivity contribution in [1.82, 2.24) is 0 Å². The Morgan fingerprint density at radius 2 is 2.18 bits per heavy atom. The average molecular weight is 177 g/mol. The normalized spacial score (nSPS) is 41.9. The van der Waals surface area contributed by atoms with E-state index in [2.05, 4.69) is 0 Å². The van der Waals surface area contributed by atoms with Crippen molar-refractivity contribution in [2.75, 3.05) is 0 Å². The second kappa shape index (κ2) is 3.65. The van der Waals surface area contributed by atoms with Gasteiger partial charge in [-0.15, -0.1) is 0 Å². The Morgan fingerprint density at radius 3 is 2.64 bits per heavy atom. The van der Waals surface area contributed by atoms with E-state index in [1.54, 1.807) is 0 Å².